The van der Waals surface area contributed by atoms with Gasteiger partial charge in [0, 0.05) is 18.9 Å². The number of carbonyl (C=O) groups is 2. The van der Waals surface area contributed by atoms with Crippen LogP contribution in [-0.2, 0) is 22.6 Å². The molecule has 146 valence electrons. The highest BCUT2D eigenvalue weighted by atomic mass is 16.5. The summed E-state index contributed by atoms with van der Waals surface area (Å²) in [7, 11) is 1.59. The van der Waals surface area contributed by atoms with Gasteiger partial charge in [0.05, 0.1) is 13.7 Å². The smallest absolute Gasteiger partial charge is 0.408 e. The van der Waals surface area contributed by atoms with E-state index in [0.29, 0.717) is 13.2 Å². The normalized spacial score (nSPS) is 20.1. The molecular weight excluding hydrogens is 360 g/mol. The lowest BCUT2D eigenvalue weighted by Gasteiger charge is -2.19. The summed E-state index contributed by atoms with van der Waals surface area (Å²) in [6.07, 6.45) is 0.242. The number of hydrogen-bond donors (Lipinski definition) is 2. The third-order valence-electron chi connectivity index (χ3n) is 5.13. The topological polar surface area (TPSA) is 85.9 Å². The Labute approximate surface area is 163 Å². The summed E-state index contributed by atoms with van der Waals surface area (Å²) in [5.41, 5.74) is 2.97. The van der Waals surface area contributed by atoms with Crippen molar-refractivity contribution >= 4 is 12.0 Å². The fraction of sp³-hybridized carbons (Fsp3) is 0.333. The summed E-state index contributed by atoms with van der Waals surface area (Å²) in [6.45, 7) is 1.27. The highest BCUT2D eigenvalue weighted by Gasteiger charge is 2.37. The van der Waals surface area contributed by atoms with Crippen LogP contribution < -0.4 is 20.1 Å². The van der Waals surface area contributed by atoms with Gasteiger partial charge in [-0.15, -0.1) is 0 Å². The van der Waals surface area contributed by atoms with Crippen LogP contribution in [0.25, 0.3) is 0 Å². The number of carbonyl (C=O) groups excluding carboxylic acids is 2. The van der Waals surface area contributed by atoms with Crippen LogP contribution in [0.2, 0.25) is 0 Å². The van der Waals surface area contributed by atoms with E-state index in [1.807, 2.05) is 24.3 Å². The molecule has 0 spiro atoms. The zero-order chi connectivity index (χ0) is 19.5. The number of hydrogen-bond acceptors (Lipinski definition) is 5. The first kappa shape index (κ1) is 18.2. The lowest BCUT2D eigenvalue weighted by Crippen LogP contribution is -2.43. The first-order chi connectivity index (χ1) is 13.6. The van der Waals surface area contributed by atoms with E-state index in [9.17, 15) is 9.59 Å². The highest BCUT2D eigenvalue weighted by Crippen LogP contribution is 2.31. The first-order valence-electron chi connectivity index (χ1n) is 9.23. The molecule has 7 heteroatoms. The Morgan fingerprint density at radius 3 is 2.86 bits per heavy atom. The van der Waals surface area contributed by atoms with Crippen LogP contribution >= 0.6 is 0 Å². The summed E-state index contributed by atoms with van der Waals surface area (Å²) in [5.74, 6) is 1.28. The highest BCUT2D eigenvalue weighted by molar-refractivity contribution is 5.89. The number of nitrogens with one attached hydrogen (secondary N) is 2. The van der Waals surface area contributed by atoms with E-state index in [1.54, 1.807) is 19.2 Å². The Morgan fingerprint density at radius 1 is 1.25 bits per heavy atom. The van der Waals surface area contributed by atoms with Crippen molar-refractivity contribution in [3.8, 4) is 11.5 Å². The van der Waals surface area contributed by atoms with Crippen LogP contribution in [0.3, 0.4) is 0 Å². The Bertz CT molecular complexity index is 881. The molecule has 2 aromatic carbocycles. The molecule has 2 heterocycles. The van der Waals surface area contributed by atoms with Gasteiger partial charge >= 0.3 is 6.09 Å². The van der Waals surface area contributed by atoms with Crippen molar-refractivity contribution in [2.24, 2.45) is 0 Å². The van der Waals surface area contributed by atoms with Gasteiger partial charge in [-0.05, 0) is 34.9 Å². The molecule has 0 aromatic heterocycles. The lowest BCUT2D eigenvalue weighted by molar-refractivity contribution is -0.120. The van der Waals surface area contributed by atoms with Gasteiger partial charge in [0.25, 0.3) is 0 Å². The van der Waals surface area contributed by atoms with Gasteiger partial charge in [0.2, 0.25) is 5.91 Å². The van der Waals surface area contributed by atoms with E-state index in [0.717, 1.165) is 34.6 Å². The molecule has 28 heavy (non-hydrogen) atoms. The maximum Gasteiger partial charge on any atom is 0.408 e. The third kappa shape index (κ3) is 3.74. The molecule has 2 aromatic rings. The Morgan fingerprint density at radius 2 is 2.07 bits per heavy atom. The van der Waals surface area contributed by atoms with E-state index in [-0.39, 0.29) is 18.4 Å². The summed E-state index contributed by atoms with van der Waals surface area (Å²) in [5, 5.41) is 5.53. The maximum absolute atomic E-state index is 12.3. The number of ether oxygens (including phenoxy) is 3. The second kappa shape index (κ2) is 7.80. The molecule has 2 N–H and O–H groups in total. The van der Waals surface area contributed by atoms with E-state index >= 15 is 0 Å². The molecule has 1 fully saturated rings. The fourth-order valence-electron chi connectivity index (χ4n) is 3.57. The number of alkyl carbamates (subject to hydrolysis) is 1. The lowest BCUT2D eigenvalue weighted by atomic mass is 9.92. The van der Waals surface area contributed by atoms with Crippen molar-refractivity contribution in [2.75, 3.05) is 20.3 Å². The minimum atomic E-state index is -0.663. The van der Waals surface area contributed by atoms with Crippen molar-refractivity contribution in [1.82, 2.24) is 10.6 Å². The monoisotopic (exact) mass is 382 g/mol. The number of amides is 2. The van der Waals surface area contributed by atoms with Crippen molar-refractivity contribution in [1.29, 1.82) is 0 Å². The molecule has 0 unspecified atom stereocenters. The van der Waals surface area contributed by atoms with Crippen LogP contribution in [0, 0.1) is 0 Å². The van der Waals surface area contributed by atoms with Gasteiger partial charge in [-0.25, -0.2) is 4.79 Å². The van der Waals surface area contributed by atoms with Crippen molar-refractivity contribution in [3.63, 3.8) is 0 Å². The van der Waals surface area contributed by atoms with Gasteiger partial charge in [-0.1, -0.05) is 24.3 Å². The molecule has 0 bridgehead atoms. The molecule has 4 rings (SSSR count). The zero-order valence-electron chi connectivity index (χ0n) is 15.6. The predicted octanol–water partition coefficient (Wildman–Crippen LogP) is 2.14. The zero-order valence-corrected chi connectivity index (χ0v) is 15.6. The van der Waals surface area contributed by atoms with Crippen molar-refractivity contribution in [3.05, 3.63) is 59.2 Å². The minimum Gasteiger partial charge on any atom is -0.497 e. The number of benzene rings is 2. The number of fused-ring (bicyclic) bond motifs is 1. The summed E-state index contributed by atoms with van der Waals surface area (Å²) < 4.78 is 15.9. The molecule has 2 amide bonds. The molecular formula is C21H22N2O5. The van der Waals surface area contributed by atoms with Crippen molar-refractivity contribution in [2.45, 2.75) is 25.0 Å². The van der Waals surface area contributed by atoms with Gasteiger partial charge in [-0.3, -0.25) is 4.79 Å². The van der Waals surface area contributed by atoms with Crippen LogP contribution in [-0.4, -0.2) is 38.3 Å². The van der Waals surface area contributed by atoms with Gasteiger partial charge in [0.1, 0.15) is 24.1 Å². The van der Waals surface area contributed by atoms with E-state index in [1.165, 1.54) is 0 Å². The van der Waals surface area contributed by atoms with E-state index < -0.39 is 12.1 Å². The summed E-state index contributed by atoms with van der Waals surface area (Å²) in [6, 6.07) is 12.5. The van der Waals surface area contributed by atoms with Gasteiger partial charge < -0.3 is 24.8 Å². The van der Waals surface area contributed by atoms with Crippen LogP contribution in [0.5, 0.6) is 11.5 Å². The average molecular weight is 382 g/mol. The molecule has 2 atom stereocenters. The van der Waals surface area contributed by atoms with Crippen LogP contribution in [0.4, 0.5) is 4.79 Å². The third-order valence-corrected chi connectivity index (χ3v) is 5.13. The molecule has 0 radical (unpaired) electrons. The predicted molar refractivity (Wildman–Crippen MR) is 101 cm³/mol. The molecule has 1 saturated heterocycles. The number of methoxy groups -OCH3 is 1. The SMILES string of the molecule is COc1ccc(COC(=O)N[C@@H]2C(=O)NC[C@H]2c2ccc3c(c2)CCO3)cc1. The maximum atomic E-state index is 12.3. The Hall–Kier alpha value is -3.22. The fourth-order valence-corrected chi connectivity index (χ4v) is 3.57. The van der Waals surface area contributed by atoms with E-state index in [2.05, 4.69) is 16.7 Å². The van der Waals surface area contributed by atoms with Gasteiger partial charge in [-0.2, -0.15) is 0 Å². The molecule has 7 nitrogen and oxygen atoms in total. The Balaban J connectivity index is 1.38. The summed E-state index contributed by atoms with van der Waals surface area (Å²) in [4.78, 5) is 24.5. The first-order valence-corrected chi connectivity index (χ1v) is 9.23. The second-order valence-corrected chi connectivity index (χ2v) is 6.86. The molecule has 2 aliphatic heterocycles. The Kier molecular flexibility index (Phi) is 5.06. The standard InChI is InChI=1S/C21H22N2O5/c1-26-16-5-2-13(3-6-16)12-28-21(25)23-19-17(11-22-20(19)24)14-4-7-18-15(10-14)8-9-27-18/h2-7,10,17,19H,8-9,11-12H2,1H3,(H,22,24)(H,23,25)/t17-,19-/m0/s1. The minimum absolute atomic E-state index is 0.116. The largest absolute Gasteiger partial charge is 0.497 e. The molecule has 2 aliphatic rings. The number of rotatable bonds is 5. The van der Waals surface area contributed by atoms with Crippen molar-refractivity contribution < 1.29 is 23.8 Å². The summed E-state index contributed by atoms with van der Waals surface area (Å²) >= 11 is 0. The van der Waals surface area contributed by atoms with E-state index in [4.69, 9.17) is 14.2 Å². The van der Waals surface area contributed by atoms with Gasteiger partial charge in [0.15, 0.2) is 0 Å². The molecule has 0 saturated carbocycles. The average Bonchev–Trinajstić information content (AvgIpc) is 3.33. The quantitative estimate of drug-likeness (QED) is 0.828. The molecule has 0 aliphatic carbocycles. The van der Waals surface area contributed by atoms with Crippen LogP contribution in [0.15, 0.2) is 42.5 Å². The second-order valence-electron chi connectivity index (χ2n) is 6.86. The van der Waals surface area contributed by atoms with Crippen LogP contribution in [0.1, 0.15) is 22.6 Å².